The fourth-order valence-corrected chi connectivity index (χ4v) is 2.96. The molecule has 1 amide bonds. The zero-order valence-corrected chi connectivity index (χ0v) is 13.8. The summed E-state index contributed by atoms with van der Waals surface area (Å²) in [4.78, 5) is 12.3. The molecule has 0 unspecified atom stereocenters. The van der Waals surface area contributed by atoms with Crippen LogP contribution in [0.15, 0.2) is 30.3 Å². The van der Waals surface area contributed by atoms with Crippen molar-refractivity contribution < 1.29 is 9.53 Å². The summed E-state index contributed by atoms with van der Waals surface area (Å²) < 4.78 is 7.28. The second kappa shape index (κ2) is 6.39. The first-order valence-electron chi connectivity index (χ1n) is 8.13. The minimum Gasteiger partial charge on any atom is -0.497 e. The topological polar surface area (TPSA) is 97.7 Å². The zero-order valence-electron chi connectivity index (χ0n) is 13.8. The summed E-state index contributed by atoms with van der Waals surface area (Å²) in [7, 11) is 1.61. The van der Waals surface area contributed by atoms with E-state index >= 15 is 0 Å². The number of carbonyl (C=O) groups is 1. The largest absolute Gasteiger partial charge is 0.497 e. The van der Waals surface area contributed by atoms with E-state index in [2.05, 4.69) is 30.3 Å². The number of aryl methyl sites for hydroxylation is 1. The molecular formula is C17H18N6O2. The van der Waals surface area contributed by atoms with Gasteiger partial charge >= 0.3 is 0 Å². The second-order valence-electron chi connectivity index (χ2n) is 5.87. The molecule has 1 aliphatic heterocycles. The molecule has 0 saturated carbocycles. The van der Waals surface area contributed by atoms with Crippen molar-refractivity contribution in [1.29, 1.82) is 0 Å². The maximum Gasteiger partial charge on any atom is 0.269 e. The van der Waals surface area contributed by atoms with Crippen LogP contribution in [0.3, 0.4) is 0 Å². The number of rotatable bonds is 5. The molecule has 0 saturated heterocycles. The highest BCUT2D eigenvalue weighted by Crippen LogP contribution is 2.22. The van der Waals surface area contributed by atoms with Crippen molar-refractivity contribution in [2.75, 3.05) is 7.11 Å². The van der Waals surface area contributed by atoms with Gasteiger partial charge in [0.05, 0.1) is 19.3 Å². The molecule has 3 heterocycles. The van der Waals surface area contributed by atoms with Gasteiger partial charge in [-0.1, -0.05) is 12.1 Å². The molecule has 1 aliphatic rings. The summed E-state index contributed by atoms with van der Waals surface area (Å²) >= 11 is 0. The first-order valence-corrected chi connectivity index (χ1v) is 8.13. The lowest BCUT2D eigenvalue weighted by Crippen LogP contribution is -2.25. The first-order chi connectivity index (χ1) is 12.2. The van der Waals surface area contributed by atoms with Gasteiger partial charge in [-0.2, -0.15) is 5.10 Å². The van der Waals surface area contributed by atoms with Gasteiger partial charge in [0.25, 0.3) is 5.91 Å². The fourth-order valence-electron chi connectivity index (χ4n) is 2.96. The van der Waals surface area contributed by atoms with E-state index in [1.54, 1.807) is 13.2 Å². The lowest BCUT2D eigenvalue weighted by atomic mass is 10.1. The quantitative estimate of drug-likeness (QED) is 0.735. The van der Waals surface area contributed by atoms with Gasteiger partial charge in [-0.15, -0.1) is 10.2 Å². The van der Waals surface area contributed by atoms with Crippen LogP contribution >= 0.6 is 0 Å². The normalized spacial score (nSPS) is 12.8. The number of hydrogen-bond acceptors (Lipinski definition) is 5. The molecule has 128 valence electrons. The van der Waals surface area contributed by atoms with Crippen molar-refractivity contribution in [3.05, 3.63) is 47.7 Å². The van der Waals surface area contributed by atoms with E-state index in [0.29, 0.717) is 17.9 Å². The summed E-state index contributed by atoms with van der Waals surface area (Å²) in [6.45, 7) is 1.26. The third kappa shape index (κ3) is 2.98. The Labute approximate surface area is 144 Å². The van der Waals surface area contributed by atoms with E-state index in [0.717, 1.165) is 42.3 Å². The predicted molar refractivity (Wildman–Crippen MR) is 90.1 cm³/mol. The van der Waals surface area contributed by atoms with Crippen LogP contribution in [0.2, 0.25) is 0 Å². The van der Waals surface area contributed by atoms with E-state index in [9.17, 15) is 4.79 Å². The number of nitrogens with zero attached hydrogens (tertiary/aromatic N) is 4. The molecule has 1 aromatic carbocycles. The molecule has 8 heteroatoms. The van der Waals surface area contributed by atoms with Gasteiger partial charge in [-0.25, -0.2) is 0 Å². The molecule has 0 radical (unpaired) electrons. The van der Waals surface area contributed by atoms with E-state index in [-0.39, 0.29) is 5.91 Å². The number of amides is 1. The van der Waals surface area contributed by atoms with Crippen LogP contribution in [0.5, 0.6) is 5.75 Å². The number of aromatic nitrogens is 5. The van der Waals surface area contributed by atoms with Gasteiger partial charge < -0.3 is 14.6 Å². The predicted octanol–water partition coefficient (Wildman–Crippen LogP) is 1.55. The molecule has 0 atom stereocenters. The second-order valence-corrected chi connectivity index (χ2v) is 5.87. The van der Waals surface area contributed by atoms with Gasteiger partial charge in [0.15, 0.2) is 5.82 Å². The number of fused-ring (bicyclic) bond motifs is 1. The summed E-state index contributed by atoms with van der Waals surface area (Å²) in [6.07, 6.45) is 2.03. The van der Waals surface area contributed by atoms with E-state index in [1.165, 1.54) is 0 Å². The highest BCUT2D eigenvalue weighted by atomic mass is 16.5. The Bertz CT molecular complexity index is 914. The van der Waals surface area contributed by atoms with E-state index in [1.807, 2.05) is 24.3 Å². The molecule has 0 bridgehead atoms. The molecule has 2 N–H and O–H groups in total. The fraction of sp³-hybridized carbons (Fsp3) is 0.294. The monoisotopic (exact) mass is 338 g/mol. The lowest BCUT2D eigenvalue weighted by molar-refractivity contribution is 0.0944. The Hall–Kier alpha value is -3.16. The highest BCUT2D eigenvalue weighted by molar-refractivity contribution is 5.93. The summed E-state index contributed by atoms with van der Waals surface area (Å²) in [5.74, 6) is 2.30. The van der Waals surface area contributed by atoms with E-state index in [4.69, 9.17) is 4.74 Å². The number of benzene rings is 1. The molecule has 4 rings (SSSR count). The minimum atomic E-state index is -0.225. The lowest BCUT2D eigenvalue weighted by Gasteiger charge is -2.04. The van der Waals surface area contributed by atoms with Crippen molar-refractivity contribution in [3.8, 4) is 17.0 Å². The van der Waals surface area contributed by atoms with Crippen LogP contribution in [-0.4, -0.2) is 38.0 Å². The summed E-state index contributed by atoms with van der Waals surface area (Å²) in [5, 5.41) is 18.1. The van der Waals surface area contributed by atoms with Crippen LogP contribution in [0.1, 0.15) is 28.6 Å². The van der Waals surface area contributed by atoms with Crippen molar-refractivity contribution in [3.63, 3.8) is 0 Å². The summed E-state index contributed by atoms with van der Waals surface area (Å²) in [5.41, 5.74) is 1.97. The van der Waals surface area contributed by atoms with Gasteiger partial charge in [0.1, 0.15) is 17.3 Å². The van der Waals surface area contributed by atoms with E-state index < -0.39 is 0 Å². The molecule has 2 aromatic heterocycles. The zero-order chi connectivity index (χ0) is 17.2. The number of H-pyrrole nitrogens is 1. The van der Waals surface area contributed by atoms with Crippen molar-refractivity contribution in [1.82, 2.24) is 30.3 Å². The maximum absolute atomic E-state index is 12.3. The third-order valence-corrected chi connectivity index (χ3v) is 4.28. The summed E-state index contributed by atoms with van der Waals surface area (Å²) in [6, 6.07) is 9.25. The van der Waals surface area contributed by atoms with Crippen LogP contribution < -0.4 is 10.1 Å². The van der Waals surface area contributed by atoms with Crippen molar-refractivity contribution in [2.24, 2.45) is 0 Å². The third-order valence-electron chi connectivity index (χ3n) is 4.28. The van der Waals surface area contributed by atoms with Crippen LogP contribution in [0, 0.1) is 0 Å². The molecule has 0 aliphatic carbocycles. The maximum atomic E-state index is 12.3. The molecule has 3 aromatic rings. The Balaban J connectivity index is 1.45. The van der Waals surface area contributed by atoms with Crippen molar-refractivity contribution >= 4 is 5.91 Å². The number of methoxy groups -OCH3 is 1. The smallest absolute Gasteiger partial charge is 0.269 e. The van der Waals surface area contributed by atoms with Gasteiger partial charge in [0, 0.05) is 18.5 Å². The van der Waals surface area contributed by atoms with Crippen LogP contribution in [0.4, 0.5) is 0 Å². The highest BCUT2D eigenvalue weighted by Gasteiger charge is 2.18. The molecule has 0 spiro atoms. The van der Waals surface area contributed by atoms with Crippen molar-refractivity contribution in [2.45, 2.75) is 25.9 Å². The molecular weight excluding hydrogens is 320 g/mol. The molecule has 8 nitrogen and oxygen atoms in total. The minimum absolute atomic E-state index is 0.225. The Morgan fingerprint density at radius 3 is 3.16 bits per heavy atom. The van der Waals surface area contributed by atoms with Crippen LogP contribution in [-0.2, 0) is 19.5 Å². The SMILES string of the molecule is COc1cccc(-c2cc(C(=O)NCc3nnc4n3CCC4)[nH]n2)c1. The van der Waals surface area contributed by atoms with Gasteiger partial charge in [0.2, 0.25) is 0 Å². The van der Waals surface area contributed by atoms with Gasteiger partial charge in [-0.05, 0) is 24.6 Å². The van der Waals surface area contributed by atoms with Gasteiger partial charge in [-0.3, -0.25) is 9.89 Å². The Morgan fingerprint density at radius 1 is 1.36 bits per heavy atom. The average Bonchev–Trinajstić information content (AvgIpc) is 3.36. The Morgan fingerprint density at radius 2 is 2.28 bits per heavy atom. The first kappa shape index (κ1) is 15.4. The molecule has 25 heavy (non-hydrogen) atoms. The Kier molecular flexibility index (Phi) is 3.93. The standard InChI is InChI=1S/C17H18N6O2/c1-25-12-5-2-4-11(8-12)13-9-14(20-19-13)17(24)18-10-16-22-21-15-6-3-7-23(15)16/h2,4-5,8-9H,3,6-7,10H2,1H3,(H,18,24)(H,19,20). The molecule has 0 fully saturated rings. The number of nitrogens with one attached hydrogen (secondary N) is 2. The number of carbonyl (C=O) groups excluding carboxylic acids is 1. The average molecular weight is 338 g/mol. The number of hydrogen-bond donors (Lipinski definition) is 2. The number of aromatic amines is 1. The number of ether oxygens (including phenoxy) is 1. The van der Waals surface area contributed by atoms with Crippen LogP contribution in [0.25, 0.3) is 11.3 Å².